The summed E-state index contributed by atoms with van der Waals surface area (Å²) in [6.45, 7) is 4.10. The highest BCUT2D eigenvalue weighted by Gasteiger charge is 2.43. The van der Waals surface area contributed by atoms with E-state index in [1.165, 1.54) is 0 Å². The minimum atomic E-state index is -0.876. The molecule has 11 heavy (non-hydrogen) atoms. The largest absolute Gasteiger partial charge is 0.331 e. The van der Waals surface area contributed by atoms with Crippen molar-refractivity contribution >= 4 is 10.2 Å². The molecular weight excluding hydrogens is 160 g/mol. The van der Waals surface area contributed by atoms with Gasteiger partial charge in [-0.05, 0) is 0 Å². The summed E-state index contributed by atoms with van der Waals surface area (Å²) in [5, 5.41) is -0.0642. The summed E-state index contributed by atoms with van der Waals surface area (Å²) in [5.41, 5.74) is 0. The highest BCUT2D eigenvalue weighted by molar-refractivity contribution is 6.15. The molecule has 0 saturated carbocycles. The minimum absolute atomic E-state index is 0.0642. The van der Waals surface area contributed by atoms with Crippen molar-refractivity contribution in [3.8, 4) is 0 Å². The first-order chi connectivity index (χ1) is 4.93. The van der Waals surface area contributed by atoms with Crippen molar-refractivity contribution in [2.75, 3.05) is 21.3 Å². The first-order valence-corrected chi connectivity index (χ1v) is 4.59. The third-order valence-electron chi connectivity index (χ3n) is 1.72. The Labute approximate surface area is 71.4 Å². The molecule has 0 unspecified atom stereocenters. The maximum absolute atomic E-state index is 5.19. The van der Waals surface area contributed by atoms with E-state index >= 15 is 0 Å². The smallest absolute Gasteiger partial charge is 0.283 e. The van der Waals surface area contributed by atoms with Gasteiger partial charge in [-0.25, -0.2) is 0 Å². The molecule has 0 aliphatic rings. The molecule has 68 valence electrons. The lowest BCUT2D eigenvalue weighted by molar-refractivity contribution is -0.368. The molecule has 0 fully saturated rings. The van der Waals surface area contributed by atoms with Gasteiger partial charge in [0, 0.05) is 36.6 Å². The average Bonchev–Trinajstić information content (AvgIpc) is 1.90. The summed E-state index contributed by atoms with van der Waals surface area (Å²) in [6.07, 6.45) is 0. The van der Waals surface area contributed by atoms with Gasteiger partial charge in [-0.1, -0.05) is 13.8 Å². The van der Waals surface area contributed by atoms with E-state index in [9.17, 15) is 0 Å². The molecule has 0 heterocycles. The van der Waals surface area contributed by atoms with Crippen LogP contribution in [0.2, 0.25) is 5.04 Å². The number of ether oxygens (including phenoxy) is 3. The lowest BCUT2D eigenvalue weighted by Crippen LogP contribution is -2.45. The highest BCUT2D eigenvalue weighted by atomic mass is 28.1. The zero-order valence-corrected chi connectivity index (χ0v) is 10.2. The fourth-order valence-electron chi connectivity index (χ4n) is 1.17. The third kappa shape index (κ3) is 2.02. The van der Waals surface area contributed by atoms with Crippen molar-refractivity contribution in [3.63, 3.8) is 0 Å². The zero-order valence-electron chi connectivity index (χ0n) is 8.22. The summed E-state index contributed by atoms with van der Waals surface area (Å²) in [5.74, 6) is -0.876. The summed E-state index contributed by atoms with van der Waals surface area (Å²) >= 11 is 0. The lowest BCUT2D eigenvalue weighted by atomic mass is 10.1. The molecule has 0 bridgehead atoms. The Morgan fingerprint density at radius 3 is 1.18 bits per heavy atom. The first kappa shape index (κ1) is 11.1. The van der Waals surface area contributed by atoms with Crippen molar-refractivity contribution in [1.82, 2.24) is 0 Å². The first-order valence-electron chi connectivity index (χ1n) is 3.59. The molecule has 0 radical (unpaired) electrons. The fourth-order valence-corrected chi connectivity index (χ4v) is 1.78. The molecule has 0 aliphatic carbocycles. The Kier molecular flexibility index (Phi) is 3.70. The van der Waals surface area contributed by atoms with Crippen molar-refractivity contribution in [2.24, 2.45) is 0 Å². The lowest BCUT2D eigenvalue weighted by Gasteiger charge is -2.39. The van der Waals surface area contributed by atoms with Gasteiger partial charge in [-0.3, -0.25) is 0 Å². The second-order valence-electron chi connectivity index (χ2n) is 3.42. The Bertz CT molecular complexity index is 107. The normalized spacial score (nSPS) is 13.9. The molecule has 0 saturated heterocycles. The van der Waals surface area contributed by atoms with Crippen LogP contribution in [0.4, 0.5) is 0 Å². The van der Waals surface area contributed by atoms with E-state index in [1.54, 1.807) is 21.3 Å². The Balaban J connectivity index is 4.54. The minimum Gasteiger partial charge on any atom is -0.331 e. The van der Waals surface area contributed by atoms with Gasteiger partial charge < -0.3 is 14.2 Å². The van der Waals surface area contributed by atoms with Gasteiger partial charge in [0.1, 0.15) is 0 Å². The van der Waals surface area contributed by atoms with Crippen LogP contribution in [0.3, 0.4) is 0 Å². The van der Waals surface area contributed by atoms with Crippen LogP contribution in [-0.2, 0) is 14.2 Å². The van der Waals surface area contributed by atoms with Crippen LogP contribution in [0.1, 0.15) is 13.8 Å². The van der Waals surface area contributed by atoms with Gasteiger partial charge >= 0.3 is 0 Å². The van der Waals surface area contributed by atoms with Crippen LogP contribution in [-0.4, -0.2) is 37.5 Å². The van der Waals surface area contributed by atoms with Gasteiger partial charge in [-0.2, -0.15) is 0 Å². The van der Waals surface area contributed by atoms with E-state index in [1.807, 2.05) is 0 Å². The van der Waals surface area contributed by atoms with Gasteiger partial charge in [0.25, 0.3) is 5.97 Å². The summed E-state index contributed by atoms with van der Waals surface area (Å²) in [4.78, 5) is 0. The predicted octanol–water partition coefficient (Wildman–Crippen LogP) is 0.143. The second kappa shape index (κ2) is 3.67. The van der Waals surface area contributed by atoms with E-state index in [0.29, 0.717) is 0 Å². The van der Waals surface area contributed by atoms with Crippen molar-refractivity contribution < 1.29 is 14.2 Å². The maximum Gasteiger partial charge on any atom is 0.283 e. The van der Waals surface area contributed by atoms with Crippen LogP contribution in [0.25, 0.3) is 0 Å². The van der Waals surface area contributed by atoms with E-state index < -0.39 is 5.97 Å². The quantitative estimate of drug-likeness (QED) is 0.453. The molecule has 0 atom stereocenters. The monoisotopic (exact) mass is 178 g/mol. The Morgan fingerprint density at radius 1 is 0.909 bits per heavy atom. The van der Waals surface area contributed by atoms with Gasteiger partial charge in [0.15, 0.2) is 0 Å². The Morgan fingerprint density at radius 2 is 1.18 bits per heavy atom. The summed E-state index contributed by atoms with van der Waals surface area (Å²) < 4.78 is 15.6. The Hall–Kier alpha value is 0.0969. The average molecular weight is 178 g/mol. The van der Waals surface area contributed by atoms with E-state index in [-0.39, 0.29) is 5.04 Å². The topological polar surface area (TPSA) is 27.7 Å². The van der Waals surface area contributed by atoms with E-state index in [4.69, 9.17) is 14.2 Å². The van der Waals surface area contributed by atoms with Crippen molar-refractivity contribution in [3.05, 3.63) is 0 Å². The molecule has 0 N–H and O–H groups in total. The maximum atomic E-state index is 5.19. The molecule has 0 aromatic rings. The summed E-state index contributed by atoms with van der Waals surface area (Å²) in [6, 6.07) is 0. The predicted molar refractivity (Wildman–Crippen MR) is 47.7 cm³/mol. The number of hydrogen-bond acceptors (Lipinski definition) is 3. The molecule has 0 aromatic heterocycles. The van der Waals surface area contributed by atoms with Crippen LogP contribution in [0, 0.1) is 0 Å². The number of rotatable bonds is 4. The molecule has 4 heteroatoms. The van der Waals surface area contributed by atoms with Crippen LogP contribution in [0.5, 0.6) is 0 Å². The molecular formula is C7H18O3Si. The number of methoxy groups -OCH3 is 3. The summed E-state index contributed by atoms with van der Waals surface area (Å²) in [7, 11) is 5.71. The molecule has 0 rings (SSSR count). The van der Waals surface area contributed by atoms with Gasteiger partial charge in [0.2, 0.25) is 0 Å². The molecule has 0 aromatic carbocycles. The SMILES string of the molecule is COC(OC)(OC)C(C)(C)[SiH3]. The zero-order chi connectivity index (χ0) is 9.12. The third-order valence-corrected chi connectivity index (χ3v) is 2.34. The highest BCUT2D eigenvalue weighted by Crippen LogP contribution is 2.38. The van der Waals surface area contributed by atoms with Crippen LogP contribution in [0.15, 0.2) is 0 Å². The fraction of sp³-hybridized carbons (Fsp3) is 1.00. The molecule has 0 spiro atoms. The van der Waals surface area contributed by atoms with Crippen molar-refractivity contribution in [1.29, 1.82) is 0 Å². The van der Waals surface area contributed by atoms with E-state index in [2.05, 4.69) is 13.8 Å². The standard InChI is InChI=1S/C7H18O3Si/c1-6(2,11)7(8-3,9-4)10-5/h1-5,11H3. The second-order valence-corrected chi connectivity index (χ2v) is 5.92. The van der Waals surface area contributed by atoms with Crippen LogP contribution >= 0.6 is 0 Å². The van der Waals surface area contributed by atoms with Crippen molar-refractivity contribution in [2.45, 2.75) is 24.9 Å². The van der Waals surface area contributed by atoms with Gasteiger partial charge in [-0.15, -0.1) is 0 Å². The molecule has 0 aliphatic heterocycles. The van der Waals surface area contributed by atoms with Crippen LogP contribution < -0.4 is 0 Å². The number of hydrogen-bond donors (Lipinski definition) is 0. The van der Waals surface area contributed by atoms with E-state index in [0.717, 1.165) is 10.2 Å². The molecule has 0 amide bonds. The van der Waals surface area contributed by atoms with Gasteiger partial charge in [0.05, 0.1) is 0 Å². The molecule has 3 nitrogen and oxygen atoms in total.